The van der Waals surface area contributed by atoms with E-state index < -0.39 is 12.1 Å². The van der Waals surface area contributed by atoms with Crippen molar-refractivity contribution in [2.45, 2.75) is 18.0 Å². The summed E-state index contributed by atoms with van der Waals surface area (Å²) in [5.41, 5.74) is 2.11. The molecule has 3 rings (SSSR count). The smallest absolute Gasteiger partial charge is 0.238 e. The number of likely N-dealkylation sites (N-methyl/N-ethyl adjacent to an activating group) is 1. The first-order valence-corrected chi connectivity index (χ1v) is 8.79. The number of carbonyl (C=O) groups is 1. The first-order chi connectivity index (χ1) is 13.0. The number of nitriles is 1. The second-order valence-corrected chi connectivity index (χ2v) is 6.99. The van der Waals surface area contributed by atoms with E-state index in [1.54, 1.807) is 49.3 Å². The maximum absolute atomic E-state index is 14.0. The zero-order chi connectivity index (χ0) is 19.6. The number of aliphatic hydroxyl groups is 1. The van der Waals surface area contributed by atoms with Crippen molar-refractivity contribution in [3.8, 4) is 17.2 Å². The van der Waals surface area contributed by atoms with Crippen molar-refractivity contribution >= 4 is 5.91 Å². The number of halogens is 1. The van der Waals surface area contributed by atoms with Gasteiger partial charge in [0.25, 0.3) is 0 Å². The van der Waals surface area contributed by atoms with E-state index in [1.807, 2.05) is 12.1 Å². The lowest BCUT2D eigenvalue weighted by atomic mass is 9.75. The van der Waals surface area contributed by atoms with Crippen LogP contribution in [0.1, 0.15) is 11.5 Å². The molecule has 1 saturated heterocycles. The average molecular weight is 367 g/mol. The number of hydrogen-bond donors (Lipinski definition) is 1. The van der Waals surface area contributed by atoms with Gasteiger partial charge >= 0.3 is 0 Å². The minimum absolute atomic E-state index is 0.176. The molecule has 0 aromatic heterocycles. The van der Waals surface area contributed by atoms with E-state index in [-0.39, 0.29) is 30.8 Å². The van der Waals surface area contributed by atoms with E-state index in [1.165, 1.54) is 11.0 Å². The Morgan fingerprint density at radius 2 is 1.89 bits per heavy atom. The molecule has 1 aliphatic heterocycles. The number of nitrogens with zero attached hydrogens (tertiary/aromatic N) is 3. The van der Waals surface area contributed by atoms with Crippen LogP contribution in [0.15, 0.2) is 48.5 Å². The molecule has 6 heteroatoms. The van der Waals surface area contributed by atoms with Crippen LogP contribution in [-0.4, -0.2) is 60.1 Å². The van der Waals surface area contributed by atoms with E-state index >= 15 is 0 Å². The van der Waals surface area contributed by atoms with Crippen molar-refractivity contribution in [1.82, 2.24) is 9.80 Å². The minimum atomic E-state index is -0.617. The van der Waals surface area contributed by atoms with Gasteiger partial charge in [0.1, 0.15) is 11.9 Å². The number of amides is 1. The van der Waals surface area contributed by atoms with E-state index in [4.69, 9.17) is 0 Å². The molecule has 140 valence electrons. The van der Waals surface area contributed by atoms with Crippen molar-refractivity contribution in [3.05, 3.63) is 59.9 Å². The Bertz CT molecular complexity index is 860. The number of rotatable bonds is 5. The molecular weight excluding hydrogens is 345 g/mol. The van der Waals surface area contributed by atoms with Crippen LogP contribution in [0, 0.1) is 17.1 Å². The molecule has 1 amide bonds. The topological polar surface area (TPSA) is 67.6 Å². The van der Waals surface area contributed by atoms with Crippen LogP contribution in [0.2, 0.25) is 0 Å². The summed E-state index contributed by atoms with van der Waals surface area (Å²) in [6.07, 6.45) is 0. The van der Waals surface area contributed by atoms with Crippen molar-refractivity contribution in [2.24, 2.45) is 0 Å². The first kappa shape index (κ1) is 19.0. The third kappa shape index (κ3) is 3.57. The van der Waals surface area contributed by atoms with E-state index in [2.05, 4.69) is 6.07 Å². The van der Waals surface area contributed by atoms with Gasteiger partial charge in [0.05, 0.1) is 25.3 Å². The van der Waals surface area contributed by atoms with Gasteiger partial charge in [0.2, 0.25) is 5.91 Å². The molecule has 0 saturated carbocycles. The molecule has 2 aromatic carbocycles. The Hall–Kier alpha value is -2.75. The van der Waals surface area contributed by atoms with Crippen LogP contribution in [0.25, 0.3) is 11.1 Å². The van der Waals surface area contributed by atoms with Crippen LogP contribution in [0.3, 0.4) is 0 Å². The molecule has 5 nitrogen and oxygen atoms in total. The summed E-state index contributed by atoms with van der Waals surface area (Å²) in [5.74, 6) is -0.733. The Balaban J connectivity index is 1.84. The summed E-state index contributed by atoms with van der Waals surface area (Å²) in [4.78, 5) is 15.6. The number of likely N-dealkylation sites (tertiary alicyclic amines) is 1. The predicted octanol–water partition coefficient (Wildman–Crippen LogP) is 2.23. The SMILES string of the molecule is CN(C)CC(=O)N1[C@H](CO)[C@@H](c2ccc(-c3ccccc3F)cc2)[C@@H]1C#N. The largest absolute Gasteiger partial charge is 0.394 e. The van der Waals surface area contributed by atoms with Crippen molar-refractivity contribution in [3.63, 3.8) is 0 Å². The Morgan fingerprint density at radius 3 is 2.44 bits per heavy atom. The number of carbonyl (C=O) groups excluding carboxylic acids is 1. The molecule has 1 N–H and O–H groups in total. The molecule has 2 aromatic rings. The summed E-state index contributed by atoms with van der Waals surface area (Å²) in [7, 11) is 3.57. The van der Waals surface area contributed by atoms with Gasteiger partial charge in [-0.25, -0.2) is 4.39 Å². The summed E-state index contributed by atoms with van der Waals surface area (Å²) in [6, 6.07) is 15.0. The van der Waals surface area contributed by atoms with Gasteiger partial charge in [0, 0.05) is 11.5 Å². The van der Waals surface area contributed by atoms with Crippen LogP contribution in [0.4, 0.5) is 4.39 Å². The minimum Gasteiger partial charge on any atom is -0.394 e. The normalized spacial score (nSPS) is 21.6. The van der Waals surface area contributed by atoms with Crippen molar-refractivity contribution in [2.75, 3.05) is 27.2 Å². The maximum atomic E-state index is 14.0. The fourth-order valence-electron chi connectivity index (χ4n) is 3.68. The van der Waals surface area contributed by atoms with E-state index in [0.29, 0.717) is 5.56 Å². The third-order valence-electron chi connectivity index (χ3n) is 4.95. The second-order valence-electron chi connectivity index (χ2n) is 6.99. The van der Waals surface area contributed by atoms with Gasteiger partial charge in [-0.3, -0.25) is 4.79 Å². The highest BCUT2D eigenvalue weighted by molar-refractivity contribution is 5.81. The highest BCUT2D eigenvalue weighted by Gasteiger charge is 2.51. The quantitative estimate of drug-likeness (QED) is 0.880. The molecular formula is C21H22FN3O2. The lowest BCUT2D eigenvalue weighted by Gasteiger charge is -2.51. The van der Waals surface area contributed by atoms with Gasteiger partial charge in [0.15, 0.2) is 0 Å². The standard InChI is InChI=1S/C21H22FN3O2/c1-24(2)12-20(27)25-18(11-23)21(19(25)13-26)15-9-7-14(8-10-15)16-5-3-4-6-17(16)22/h3-10,18-19,21,26H,12-13H2,1-2H3/t18-,19+,21-/m0/s1. The van der Waals surface area contributed by atoms with Crippen LogP contribution < -0.4 is 0 Å². The molecule has 0 spiro atoms. The van der Waals surface area contributed by atoms with Crippen molar-refractivity contribution in [1.29, 1.82) is 5.26 Å². The highest BCUT2D eigenvalue weighted by atomic mass is 19.1. The van der Waals surface area contributed by atoms with Crippen LogP contribution in [-0.2, 0) is 4.79 Å². The van der Waals surface area contributed by atoms with Crippen LogP contribution >= 0.6 is 0 Å². The number of hydrogen-bond acceptors (Lipinski definition) is 4. The third-order valence-corrected chi connectivity index (χ3v) is 4.95. The van der Waals surface area contributed by atoms with Gasteiger partial charge in [-0.2, -0.15) is 5.26 Å². The summed E-state index contributed by atoms with van der Waals surface area (Å²) in [5, 5.41) is 19.4. The monoisotopic (exact) mass is 367 g/mol. The first-order valence-electron chi connectivity index (χ1n) is 8.79. The molecule has 0 bridgehead atoms. The number of aliphatic hydroxyl groups excluding tert-OH is 1. The van der Waals surface area contributed by atoms with Gasteiger partial charge in [-0.05, 0) is 31.3 Å². The molecule has 0 unspecified atom stereocenters. The maximum Gasteiger partial charge on any atom is 0.238 e. The zero-order valence-corrected chi connectivity index (χ0v) is 15.3. The summed E-state index contributed by atoms with van der Waals surface area (Å²) in [6.45, 7) is -0.0231. The van der Waals surface area contributed by atoms with Gasteiger partial charge in [-0.1, -0.05) is 42.5 Å². The molecule has 3 atom stereocenters. The van der Waals surface area contributed by atoms with E-state index in [9.17, 15) is 19.6 Å². The lowest BCUT2D eigenvalue weighted by Crippen LogP contribution is -2.66. The zero-order valence-electron chi connectivity index (χ0n) is 15.3. The molecule has 0 radical (unpaired) electrons. The highest BCUT2D eigenvalue weighted by Crippen LogP contribution is 2.41. The Morgan fingerprint density at radius 1 is 1.22 bits per heavy atom. The van der Waals surface area contributed by atoms with E-state index in [0.717, 1.165) is 11.1 Å². The molecule has 27 heavy (non-hydrogen) atoms. The Labute approximate surface area is 158 Å². The van der Waals surface area contributed by atoms with Gasteiger partial charge < -0.3 is 14.9 Å². The van der Waals surface area contributed by atoms with Gasteiger partial charge in [-0.15, -0.1) is 0 Å². The summed E-state index contributed by atoms with van der Waals surface area (Å²) >= 11 is 0. The lowest BCUT2D eigenvalue weighted by molar-refractivity contribution is -0.147. The fourth-order valence-corrected chi connectivity index (χ4v) is 3.68. The molecule has 1 fully saturated rings. The summed E-state index contributed by atoms with van der Waals surface area (Å²) < 4.78 is 14.0. The second kappa shape index (κ2) is 7.87. The molecule has 0 aliphatic carbocycles. The Kier molecular flexibility index (Phi) is 5.54. The fraction of sp³-hybridized carbons (Fsp3) is 0.333. The van der Waals surface area contributed by atoms with Crippen LogP contribution in [0.5, 0.6) is 0 Å². The number of benzene rings is 2. The predicted molar refractivity (Wildman–Crippen MR) is 100 cm³/mol. The van der Waals surface area contributed by atoms with Crippen molar-refractivity contribution < 1.29 is 14.3 Å². The molecule has 1 aliphatic rings. The average Bonchev–Trinajstić information content (AvgIpc) is 2.62. The molecule has 1 heterocycles.